The van der Waals surface area contributed by atoms with Gasteiger partial charge in [0.15, 0.2) is 11.6 Å². The van der Waals surface area contributed by atoms with E-state index >= 15 is 0 Å². The van der Waals surface area contributed by atoms with E-state index in [1.165, 1.54) is 6.26 Å². The van der Waals surface area contributed by atoms with E-state index in [-0.39, 0.29) is 5.91 Å². The van der Waals surface area contributed by atoms with Crippen molar-refractivity contribution in [3.05, 3.63) is 30.4 Å². The first-order valence-corrected chi connectivity index (χ1v) is 8.29. The number of hydrogen-bond acceptors (Lipinski definition) is 7. The van der Waals surface area contributed by atoms with Gasteiger partial charge in [0.2, 0.25) is 5.95 Å². The van der Waals surface area contributed by atoms with Gasteiger partial charge in [0.25, 0.3) is 5.91 Å². The molecule has 128 valence electrons. The van der Waals surface area contributed by atoms with Crippen molar-refractivity contribution in [2.24, 2.45) is 0 Å². The van der Waals surface area contributed by atoms with Crippen LogP contribution in [0.3, 0.4) is 0 Å². The second kappa shape index (κ2) is 7.76. The molecule has 0 spiro atoms. The van der Waals surface area contributed by atoms with Gasteiger partial charge in [-0.3, -0.25) is 4.79 Å². The number of nitrogens with zero attached hydrogens (tertiary/aromatic N) is 5. The van der Waals surface area contributed by atoms with Gasteiger partial charge in [-0.2, -0.15) is 10.1 Å². The van der Waals surface area contributed by atoms with Crippen LogP contribution < -0.4 is 10.2 Å². The second-order valence-electron chi connectivity index (χ2n) is 5.68. The summed E-state index contributed by atoms with van der Waals surface area (Å²) in [7, 11) is 0. The lowest BCUT2D eigenvalue weighted by Gasteiger charge is -2.34. The van der Waals surface area contributed by atoms with E-state index in [4.69, 9.17) is 4.42 Å². The number of unbranched alkanes of at least 4 members (excludes halogenated alkanes) is 1. The number of carbonyl (C=O) groups is 1. The molecule has 24 heavy (non-hydrogen) atoms. The molecule has 0 unspecified atom stereocenters. The smallest absolute Gasteiger partial charge is 0.289 e. The van der Waals surface area contributed by atoms with Gasteiger partial charge in [0.05, 0.1) is 12.5 Å². The van der Waals surface area contributed by atoms with Crippen LogP contribution in [0.1, 0.15) is 30.3 Å². The lowest BCUT2D eigenvalue weighted by molar-refractivity contribution is 0.0714. The zero-order chi connectivity index (χ0) is 16.8. The Morgan fingerprint density at radius 3 is 2.88 bits per heavy atom. The Morgan fingerprint density at radius 2 is 2.17 bits per heavy atom. The molecule has 0 aromatic carbocycles. The van der Waals surface area contributed by atoms with Crippen molar-refractivity contribution < 1.29 is 9.21 Å². The summed E-state index contributed by atoms with van der Waals surface area (Å²) in [5, 5.41) is 11.4. The van der Waals surface area contributed by atoms with Crippen molar-refractivity contribution in [3.63, 3.8) is 0 Å². The molecule has 1 aliphatic rings. The maximum absolute atomic E-state index is 12.3. The Bertz CT molecular complexity index is 652. The van der Waals surface area contributed by atoms with Crippen molar-refractivity contribution in [1.82, 2.24) is 20.1 Å². The first kappa shape index (κ1) is 16.2. The van der Waals surface area contributed by atoms with Crippen molar-refractivity contribution in [2.75, 3.05) is 42.9 Å². The van der Waals surface area contributed by atoms with Gasteiger partial charge in [-0.15, -0.1) is 5.10 Å². The lowest BCUT2D eigenvalue weighted by Crippen LogP contribution is -2.49. The molecule has 1 aliphatic heterocycles. The zero-order valence-electron chi connectivity index (χ0n) is 13.8. The van der Waals surface area contributed by atoms with E-state index in [0.29, 0.717) is 37.9 Å². The SMILES string of the molecule is CCCCNc1cnnc(N2CCN(C(=O)c3ccco3)CC2)n1. The van der Waals surface area contributed by atoms with Crippen molar-refractivity contribution in [2.45, 2.75) is 19.8 Å². The second-order valence-corrected chi connectivity index (χ2v) is 5.68. The first-order chi connectivity index (χ1) is 11.8. The molecule has 3 heterocycles. The minimum Gasteiger partial charge on any atom is -0.459 e. The number of furan rings is 1. The van der Waals surface area contributed by atoms with Crippen LogP contribution in [-0.2, 0) is 0 Å². The van der Waals surface area contributed by atoms with Crippen LogP contribution in [0.25, 0.3) is 0 Å². The minimum atomic E-state index is -0.0753. The third-order valence-corrected chi connectivity index (χ3v) is 3.97. The summed E-state index contributed by atoms with van der Waals surface area (Å²) < 4.78 is 5.17. The van der Waals surface area contributed by atoms with Gasteiger partial charge in [-0.1, -0.05) is 13.3 Å². The summed E-state index contributed by atoms with van der Waals surface area (Å²) in [6.45, 7) is 5.58. The van der Waals surface area contributed by atoms with Crippen LogP contribution in [0, 0.1) is 0 Å². The summed E-state index contributed by atoms with van der Waals surface area (Å²) in [5.74, 6) is 1.64. The maximum Gasteiger partial charge on any atom is 0.289 e. The highest BCUT2D eigenvalue weighted by molar-refractivity contribution is 5.91. The summed E-state index contributed by atoms with van der Waals surface area (Å²) in [6, 6.07) is 3.41. The highest BCUT2D eigenvalue weighted by Crippen LogP contribution is 2.14. The van der Waals surface area contributed by atoms with Crippen LogP contribution >= 0.6 is 0 Å². The number of aromatic nitrogens is 3. The maximum atomic E-state index is 12.3. The predicted octanol–water partition coefficient (Wildman–Crippen LogP) is 1.64. The van der Waals surface area contributed by atoms with E-state index in [9.17, 15) is 4.79 Å². The molecular weight excluding hydrogens is 308 g/mol. The Balaban J connectivity index is 1.56. The number of hydrogen-bond donors (Lipinski definition) is 1. The molecule has 1 amide bonds. The number of amides is 1. The van der Waals surface area contributed by atoms with Gasteiger partial charge in [0.1, 0.15) is 0 Å². The summed E-state index contributed by atoms with van der Waals surface area (Å²) in [5.41, 5.74) is 0. The molecule has 1 fully saturated rings. The Morgan fingerprint density at radius 1 is 1.33 bits per heavy atom. The fraction of sp³-hybridized carbons (Fsp3) is 0.500. The number of anilines is 2. The molecule has 1 N–H and O–H groups in total. The van der Waals surface area contributed by atoms with E-state index < -0.39 is 0 Å². The molecule has 0 atom stereocenters. The number of carbonyl (C=O) groups excluding carboxylic acids is 1. The summed E-state index contributed by atoms with van der Waals surface area (Å²) in [6.07, 6.45) is 5.37. The van der Waals surface area contributed by atoms with E-state index in [1.807, 2.05) is 4.90 Å². The third-order valence-electron chi connectivity index (χ3n) is 3.97. The number of rotatable bonds is 6. The highest BCUT2D eigenvalue weighted by Gasteiger charge is 2.25. The molecule has 8 nitrogen and oxygen atoms in total. The Labute approximate surface area is 140 Å². The van der Waals surface area contributed by atoms with Gasteiger partial charge >= 0.3 is 0 Å². The lowest BCUT2D eigenvalue weighted by atomic mass is 10.3. The van der Waals surface area contributed by atoms with Crippen LogP contribution in [0.4, 0.5) is 11.8 Å². The molecule has 8 heteroatoms. The van der Waals surface area contributed by atoms with Crippen molar-refractivity contribution >= 4 is 17.7 Å². The van der Waals surface area contributed by atoms with Gasteiger partial charge in [-0.05, 0) is 18.6 Å². The first-order valence-electron chi connectivity index (χ1n) is 8.29. The molecule has 0 bridgehead atoms. The van der Waals surface area contributed by atoms with Crippen LogP contribution in [0.2, 0.25) is 0 Å². The monoisotopic (exact) mass is 330 g/mol. The Kier molecular flexibility index (Phi) is 5.25. The van der Waals surface area contributed by atoms with E-state index in [0.717, 1.165) is 25.2 Å². The molecule has 2 aromatic heterocycles. The molecule has 1 saturated heterocycles. The summed E-state index contributed by atoms with van der Waals surface area (Å²) >= 11 is 0. The van der Waals surface area contributed by atoms with E-state index in [1.54, 1.807) is 23.2 Å². The van der Waals surface area contributed by atoms with Gasteiger partial charge in [0, 0.05) is 32.7 Å². The Hall–Kier alpha value is -2.64. The van der Waals surface area contributed by atoms with Crippen LogP contribution in [0.15, 0.2) is 29.0 Å². The average Bonchev–Trinajstić information content (AvgIpc) is 3.16. The molecule has 0 saturated carbocycles. The number of piperazine rings is 1. The third kappa shape index (κ3) is 3.81. The predicted molar refractivity (Wildman–Crippen MR) is 90.0 cm³/mol. The zero-order valence-corrected chi connectivity index (χ0v) is 13.8. The van der Waals surface area contributed by atoms with E-state index in [2.05, 4.69) is 27.4 Å². The van der Waals surface area contributed by atoms with Crippen molar-refractivity contribution in [1.29, 1.82) is 0 Å². The van der Waals surface area contributed by atoms with Crippen LogP contribution in [-0.4, -0.2) is 58.7 Å². The fourth-order valence-electron chi connectivity index (χ4n) is 2.57. The minimum absolute atomic E-state index is 0.0753. The largest absolute Gasteiger partial charge is 0.459 e. The topological polar surface area (TPSA) is 87.4 Å². The molecular formula is C16H22N6O2. The fourth-order valence-corrected chi connectivity index (χ4v) is 2.57. The standard InChI is InChI=1S/C16H22N6O2/c1-2-3-6-17-14-12-18-20-16(19-14)22-9-7-21(8-10-22)15(23)13-5-4-11-24-13/h4-5,11-12H,2-3,6-10H2,1H3,(H,17,19,20). The van der Waals surface area contributed by atoms with Gasteiger partial charge in [-0.25, -0.2) is 0 Å². The molecule has 2 aromatic rings. The molecule has 3 rings (SSSR count). The van der Waals surface area contributed by atoms with Gasteiger partial charge < -0.3 is 19.5 Å². The molecule has 0 aliphatic carbocycles. The molecule has 0 radical (unpaired) electrons. The quantitative estimate of drug-likeness (QED) is 0.806. The highest BCUT2D eigenvalue weighted by atomic mass is 16.3. The summed E-state index contributed by atoms with van der Waals surface area (Å²) in [4.78, 5) is 20.6. The number of nitrogens with one attached hydrogen (secondary N) is 1. The van der Waals surface area contributed by atoms with Crippen LogP contribution in [0.5, 0.6) is 0 Å². The normalized spacial score (nSPS) is 14.7. The van der Waals surface area contributed by atoms with Crippen molar-refractivity contribution in [3.8, 4) is 0 Å². The average molecular weight is 330 g/mol.